The maximum Gasteiger partial charge on any atom is 0.698 e. The van der Waals surface area contributed by atoms with Gasteiger partial charge in [0, 0.05) is 4.57 Å². The SMILES string of the molecule is CC(O[P+](=O)OC(C)C(C)(O)c1cc(C(C)(C)C)c(O)c(C(C)(C)C)c1)C(C)(O)c1cc(C(C)(C)C)c(O)c(C(C)(C)C)c1. The molecule has 248 valence electrons. The molecule has 2 aromatic carbocycles. The zero-order valence-corrected chi connectivity index (χ0v) is 30.8. The number of aromatic hydroxyl groups is 2. The van der Waals surface area contributed by atoms with E-state index in [9.17, 15) is 25.0 Å². The Kier molecular flexibility index (Phi) is 10.7. The molecule has 2 aromatic rings. The van der Waals surface area contributed by atoms with Crippen LogP contribution >= 0.6 is 8.25 Å². The van der Waals surface area contributed by atoms with Crippen LogP contribution in [0.15, 0.2) is 24.3 Å². The van der Waals surface area contributed by atoms with Crippen LogP contribution in [0.25, 0.3) is 0 Å². The summed E-state index contributed by atoms with van der Waals surface area (Å²) in [6, 6.07) is 7.10. The van der Waals surface area contributed by atoms with Crippen molar-refractivity contribution in [3.05, 3.63) is 57.6 Å². The number of hydrogen-bond donors (Lipinski definition) is 4. The van der Waals surface area contributed by atoms with Crippen LogP contribution < -0.4 is 0 Å². The van der Waals surface area contributed by atoms with Crippen LogP contribution in [0.5, 0.6) is 11.5 Å². The minimum absolute atomic E-state index is 0.196. The van der Waals surface area contributed by atoms with E-state index in [2.05, 4.69) is 0 Å². The Morgan fingerprint density at radius 1 is 0.523 bits per heavy atom. The third kappa shape index (κ3) is 8.22. The highest BCUT2D eigenvalue weighted by molar-refractivity contribution is 7.33. The average Bonchev–Trinajstić information content (AvgIpc) is 2.80. The number of benzene rings is 2. The monoisotopic (exact) mass is 633 g/mol. The molecule has 0 spiro atoms. The molecule has 0 saturated heterocycles. The molecule has 0 heterocycles. The summed E-state index contributed by atoms with van der Waals surface area (Å²) in [5.41, 5.74) is -0.968. The van der Waals surface area contributed by atoms with Crippen molar-refractivity contribution in [2.75, 3.05) is 0 Å². The van der Waals surface area contributed by atoms with E-state index in [1.807, 2.05) is 83.1 Å². The summed E-state index contributed by atoms with van der Waals surface area (Å²) in [7, 11) is -2.77. The highest BCUT2D eigenvalue weighted by Gasteiger charge is 2.45. The molecule has 0 bridgehead atoms. The van der Waals surface area contributed by atoms with Gasteiger partial charge in [0.05, 0.1) is 0 Å². The number of aliphatic hydroxyl groups is 2. The van der Waals surface area contributed by atoms with Crippen LogP contribution in [0.2, 0.25) is 0 Å². The predicted octanol–water partition coefficient (Wildman–Crippen LogP) is 8.87. The van der Waals surface area contributed by atoms with Gasteiger partial charge in [0.1, 0.15) is 34.9 Å². The third-order valence-corrected chi connectivity index (χ3v) is 9.67. The fourth-order valence-corrected chi connectivity index (χ4v) is 6.07. The van der Waals surface area contributed by atoms with Crippen LogP contribution in [0.3, 0.4) is 0 Å². The Labute approximate surface area is 267 Å². The first-order chi connectivity index (χ1) is 19.4. The van der Waals surface area contributed by atoms with Crippen molar-refractivity contribution in [1.29, 1.82) is 0 Å². The topological polar surface area (TPSA) is 116 Å². The molecule has 0 fully saturated rings. The zero-order chi connectivity index (χ0) is 34.6. The van der Waals surface area contributed by atoms with Gasteiger partial charge in [0.2, 0.25) is 0 Å². The average molecular weight is 634 g/mol. The van der Waals surface area contributed by atoms with Gasteiger partial charge >= 0.3 is 8.25 Å². The molecule has 4 unspecified atom stereocenters. The van der Waals surface area contributed by atoms with Gasteiger partial charge in [-0.2, -0.15) is 0 Å². The predicted molar refractivity (Wildman–Crippen MR) is 179 cm³/mol. The van der Waals surface area contributed by atoms with Crippen molar-refractivity contribution in [2.24, 2.45) is 0 Å². The number of rotatable bonds is 8. The molecule has 44 heavy (non-hydrogen) atoms. The second-order valence-electron chi connectivity index (χ2n) is 16.9. The second-order valence-corrected chi connectivity index (χ2v) is 17.7. The Bertz CT molecular complexity index is 1190. The lowest BCUT2D eigenvalue weighted by Gasteiger charge is -2.33. The van der Waals surface area contributed by atoms with E-state index in [1.54, 1.807) is 52.0 Å². The van der Waals surface area contributed by atoms with E-state index in [-0.39, 0.29) is 11.5 Å². The molecule has 0 aliphatic rings. The van der Waals surface area contributed by atoms with Crippen LogP contribution in [0, 0.1) is 0 Å². The van der Waals surface area contributed by atoms with Crippen LogP contribution in [-0.2, 0) is 46.5 Å². The molecule has 0 saturated carbocycles. The van der Waals surface area contributed by atoms with E-state index >= 15 is 0 Å². The lowest BCUT2D eigenvalue weighted by Crippen LogP contribution is -2.38. The summed E-state index contributed by atoms with van der Waals surface area (Å²) in [5.74, 6) is 0.393. The fraction of sp³-hybridized carbons (Fsp3) is 0.667. The summed E-state index contributed by atoms with van der Waals surface area (Å²) in [6.07, 6.45) is -1.94. The van der Waals surface area contributed by atoms with E-state index in [0.29, 0.717) is 33.4 Å². The Balaban J connectivity index is 2.42. The van der Waals surface area contributed by atoms with Crippen molar-refractivity contribution in [1.82, 2.24) is 0 Å². The maximum absolute atomic E-state index is 13.2. The second kappa shape index (κ2) is 12.3. The highest BCUT2D eigenvalue weighted by Crippen LogP contribution is 2.46. The third-order valence-electron chi connectivity index (χ3n) is 8.69. The minimum atomic E-state index is -2.77. The summed E-state index contributed by atoms with van der Waals surface area (Å²) in [4.78, 5) is 0. The van der Waals surface area contributed by atoms with Crippen LogP contribution in [0.4, 0.5) is 0 Å². The van der Waals surface area contributed by atoms with Gasteiger partial charge < -0.3 is 20.4 Å². The van der Waals surface area contributed by atoms with Gasteiger partial charge in [-0.1, -0.05) is 83.1 Å². The smallest absolute Gasteiger partial charge is 0.507 e. The van der Waals surface area contributed by atoms with Gasteiger partial charge in [-0.15, -0.1) is 9.05 Å². The highest BCUT2D eigenvalue weighted by atomic mass is 31.1. The quantitative estimate of drug-likeness (QED) is 0.215. The largest absolute Gasteiger partial charge is 0.698 e. The van der Waals surface area contributed by atoms with E-state index in [0.717, 1.165) is 0 Å². The molecule has 8 heteroatoms. The van der Waals surface area contributed by atoms with Crippen molar-refractivity contribution in [2.45, 2.75) is 156 Å². The maximum atomic E-state index is 13.2. The van der Waals surface area contributed by atoms with Crippen molar-refractivity contribution < 1.29 is 34.0 Å². The van der Waals surface area contributed by atoms with Gasteiger partial charge in [-0.25, -0.2) is 0 Å². The zero-order valence-electron chi connectivity index (χ0n) is 29.9. The molecule has 4 N–H and O–H groups in total. The van der Waals surface area contributed by atoms with Crippen LogP contribution in [0.1, 0.15) is 144 Å². The van der Waals surface area contributed by atoms with Gasteiger partial charge in [-0.05, 0) is 107 Å². The molecule has 0 aliphatic heterocycles. The molecule has 0 aliphatic carbocycles. The number of phenols is 2. The lowest BCUT2D eigenvalue weighted by molar-refractivity contribution is -0.0686. The molecular formula is C36H58O7P+. The molecule has 4 atom stereocenters. The van der Waals surface area contributed by atoms with E-state index in [1.165, 1.54) is 0 Å². The Hall–Kier alpha value is -2.02. The number of phenolic OH excluding ortho intramolecular Hbond substituents is 2. The lowest BCUT2D eigenvalue weighted by atomic mass is 9.76. The van der Waals surface area contributed by atoms with E-state index < -0.39 is 53.3 Å². The minimum Gasteiger partial charge on any atom is -0.507 e. The first-order valence-electron chi connectivity index (χ1n) is 15.5. The first-order valence-corrected chi connectivity index (χ1v) is 16.6. The van der Waals surface area contributed by atoms with Crippen LogP contribution in [-0.4, -0.2) is 32.6 Å². The molecule has 0 amide bonds. The normalized spacial score (nSPS) is 17.9. The van der Waals surface area contributed by atoms with Crippen molar-refractivity contribution in [3.63, 3.8) is 0 Å². The molecule has 0 radical (unpaired) electrons. The fourth-order valence-electron chi connectivity index (χ4n) is 5.10. The summed E-state index contributed by atoms with van der Waals surface area (Å²) in [5, 5.41) is 45.7. The van der Waals surface area contributed by atoms with Gasteiger partial charge in [0.15, 0.2) is 0 Å². The number of hydrogen-bond acceptors (Lipinski definition) is 7. The summed E-state index contributed by atoms with van der Waals surface area (Å²) in [6.45, 7) is 30.3. The molecule has 7 nitrogen and oxygen atoms in total. The Morgan fingerprint density at radius 3 is 0.909 bits per heavy atom. The molecular weight excluding hydrogens is 575 g/mol. The Morgan fingerprint density at radius 2 is 0.727 bits per heavy atom. The summed E-state index contributed by atoms with van der Waals surface area (Å²) >= 11 is 0. The molecule has 0 aromatic heterocycles. The first kappa shape index (κ1) is 38.2. The van der Waals surface area contributed by atoms with Gasteiger partial charge in [-0.3, -0.25) is 0 Å². The van der Waals surface area contributed by atoms with Crippen molar-refractivity contribution >= 4 is 8.25 Å². The standard InChI is InChI=1S/C36H57O7P/c1-21(35(15,39)23-17-25(31(3,4)5)29(37)26(18-23)32(6,7)8)42-44(41)43-22(2)36(16,40)24-19-27(33(9,10)11)30(38)28(20-24)34(12,13)14/h17-22,39-40H,1-16H3,(H-,37,38)/p+1. The van der Waals surface area contributed by atoms with Gasteiger partial charge in [0.25, 0.3) is 0 Å². The molecule has 2 rings (SSSR count). The summed E-state index contributed by atoms with van der Waals surface area (Å²) < 4.78 is 24.7. The van der Waals surface area contributed by atoms with Crippen molar-refractivity contribution in [3.8, 4) is 11.5 Å². The van der Waals surface area contributed by atoms with E-state index in [4.69, 9.17) is 9.05 Å².